The first-order valence-corrected chi connectivity index (χ1v) is 6.24. The Labute approximate surface area is 107 Å². The van der Waals surface area contributed by atoms with Crippen molar-refractivity contribution in [2.45, 2.75) is 18.9 Å². The van der Waals surface area contributed by atoms with Gasteiger partial charge < -0.3 is 9.80 Å². The molecular weight excluding hydrogens is 230 g/mol. The summed E-state index contributed by atoms with van der Waals surface area (Å²) in [4.78, 5) is 15.1. The fourth-order valence-corrected chi connectivity index (χ4v) is 2.51. The summed E-state index contributed by atoms with van der Waals surface area (Å²) in [7, 11) is 4.18. The number of nitro groups is 1. The molecule has 1 aromatic carbocycles. The molecule has 1 fully saturated rings. The van der Waals surface area contributed by atoms with E-state index in [4.69, 9.17) is 0 Å². The molecule has 0 spiro atoms. The second-order valence-corrected chi connectivity index (χ2v) is 4.93. The Kier molecular flexibility index (Phi) is 3.81. The molecule has 1 aromatic rings. The standard InChI is InChI=1S/C13H19N3O2/c1-14(2)11-7-9-15(10-8-11)12-5-3-4-6-13(12)16(17)18/h3-6,11H,7-10H2,1-2H3. The van der Waals surface area contributed by atoms with E-state index < -0.39 is 0 Å². The van der Waals surface area contributed by atoms with Crippen molar-refractivity contribution < 1.29 is 4.92 Å². The molecule has 1 saturated heterocycles. The molecule has 0 saturated carbocycles. The van der Waals surface area contributed by atoms with Crippen molar-refractivity contribution in [3.63, 3.8) is 0 Å². The minimum atomic E-state index is -0.298. The summed E-state index contributed by atoms with van der Waals surface area (Å²) in [6, 6.07) is 7.58. The molecule has 0 aromatic heterocycles. The van der Waals surface area contributed by atoms with E-state index in [0.29, 0.717) is 6.04 Å². The minimum absolute atomic E-state index is 0.209. The van der Waals surface area contributed by atoms with Gasteiger partial charge in [0.2, 0.25) is 0 Å². The lowest BCUT2D eigenvalue weighted by Gasteiger charge is -2.36. The molecule has 0 N–H and O–H groups in total. The summed E-state index contributed by atoms with van der Waals surface area (Å²) < 4.78 is 0. The molecule has 0 unspecified atom stereocenters. The maximum atomic E-state index is 11.0. The van der Waals surface area contributed by atoms with Gasteiger partial charge in [-0.25, -0.2) is 0 Å². The van der Waals surface area contributed by atoms with Crippen LogP contribution < -0.4 is 4.90 Å². The van der Waals surface area contributed by atoms with E-state index in [1.807, 2.05) is 12.1 Å². The molecule has 5 heteroatoms. The predicted octanol–water partition coefficient (Wildman–Crippen LogP) is 2.13. The first kappa shape index (κ1) is 12.8. The number of rotatable bonds is 3. The Hall–Kier alpha value is -1.62. The lowest BCUT2D eigenvalue weighted by Crippen LogP contribution is -2.42. The van der Waals surface area contributed by atoms with Crippen LogP contribution in [0.1, 0.15) is 12.8 Å². The third-order valence-corrected chi connectivity index (χ3v) is 3.61. The maximum absolute atomic E-state index is 11.0. The van der Waals surface area contributed by atoms with Gasteiger partial charge in [-0.2, -0.15) is 0 Å². The third-order valence-electron chi connectivity index (χ3n) is 3.61. The van der Waals surface area contributed by atoms with Gasteiger partial charge in [0.15, 0.2) is 0 Å². The van der Waals surface area contributed by atoms with Crippen LogP contribution in [0.4, 0.5) is 11.4 Å². The van der Waals surface area contributed by atoms with Gasteiger partial charge in [0.25, 0.3) is 5.69 Å². The largest absolute Gasteiger partial charge is 0.366 e. The van der Waals surface area contributed by atoms with Gasteiger partial charge >= 0.3 is 0 Å². The predicted molar refractivity (Wildman–Crippen MR) is 72.0 cm³/mol. The first-order valence-electron chi connectivity index (χ1n) is 6.24. The van der Waals surface area contributed by atoms with Crippen LogP contribution in [0.5, 0.6) is 0 Å². The fraction of sp³-hybridized carbons (Fsp3) is 0.538. The number of anilines is 1. The Balaban J connectivity index is 2.12. The molecule has 98 valence electrons. The summed E-state index contributed by atoms with van der Waals surface area (Å²) in [5.41, 5.74) is 0.959. The van der Waals surface area contributed by atoms with E-state index in [9.17, 15) is 10.1 Å². The smallest absolute Gasteiger partial charge is 0.292 e. The molecule has 18 heavy (non-hydrogen) atoms. The van der Waals surface area contributed by atoms with Gasteiger partial charge in [-0.05, 0) is 33.0 Å². The molecule has 0 bridgehead atoms. The van der Waals surface area contributed by atoms with Crippen molar-refractivity contribution in [3.8, 4) is 0 Å². The van der Waals surface area contributed by atoms with Crippen LogP contribution in [0.25, 0.3) is 0 Å². The van der Waals surface area contributed by atoms with E-state index in [1.165, 1.54) is 0 Å². The van der Waals surface area contributed by atoms with Crippen LogP contribution in [0.2, 0.25) is 0 Å². The van der Waals surface area contributed by atoms with Crippen molar-refractivity contribution in [3.05, 3.63) is 34.4 Å². The quantitative estimate of drug-likeness (QED) is 0.608. The average Bonchev–Trinajstić information content (AvgIpc) is 2.39. The van der Waals surface area contributed by atoms with E-state index in [1.54, 1.807) is 12.1 Å². The number of nitrogens with zero attached hydrogens (tertiary/aromatic N) is 3. The van der Waals surface area contributed by atoms with Crippen molar-refractivity contribution in [2.75, 3.05) is 32.1 Å². The van der Waals surface area contributed by atoms with Crippen LogP contribution in [-0.4, -0.2) is 43.0 Å². The molecular formula is C13H19N3O2. The highest BCUT2D eigenvalue weighted by molar-refractivity contribution is 5.63. The Morgan fingerprint density at radius 3 is 2.44 bits per heavy atom. The lowest BCUT2D eigenvalue weighted by atomic mass is 10.0. The van der Waals surface area contributed by atoms with Gasteiger partial charge in [0.05, 0.1) is 4.92 Å². The first-order chi connectivity index (χ1) is 8.59. The summed E-state index contributed by atoms with van der Waals surface area (Å²) >= 11 is 0. The zero-order valence-electron chi connectivity index (χ0n) is 10.9. The number of hydrogen-bond donors (Lipinski definition) is 0. The topological polar surface area (TPSA) is 49.6 Å². The van der Waals surface area contributed by atoms with Crippen molar-refractivity contribution in [1.82, 2.24) is 4.90 Å². The number of nitro benzene ring substituents is 1. The number of hydrogen-bond acceptors (Lipinski definition) is 4. The minimum Gasteiger partial charge on any atom is -0.366 e. The van der Waals surface area contributed by atoms with Crippen LogP contribution >= 0.6 is 0 Å². The van der Waals surface area contributed by atoms with Gasteiger partial charge in [-0.3, -0.25) is 10.1 Å². The van der Waals surface area contributed by atoms with E-state index >= 15 is 0 Å². The number of piperidine rings is 1. The molecule has 2 rings (SSSR count). The van der Waals surface area contributed by atoms with Crippen LogP contribution in [0, 0.1) is 10.1 Å². The normalized spacial score (nSPS) is 17.2. The molecule has 1 heterocycles. The second-order valence-electron chi connectivity index (χ2n) is 4.93. The maximum Gasteiger partial charge on any atom is 0.292 e. The highest BCUT2D eigenvalue weighted by Gasteiger charge is 2.24. The van der Waals surface area contributed by atoms with Gasteiger partial charge in [0, 0.05) is 25.2 Å². The van der Waals surface area contributed by atoms with Crippen LogP contribution in [0.15, 0.2) is 24.3 Å². The molecule has 1 aliphatic heterocycles. The van der Waals surface area contributed by atoms with E-state index in [-0.39, 0.29) is 10.6 Å². The monoisotopic (exact) mass is 249 g/mol. The van der Waals surface area contributed by atoms with E-state index in [0.717, 1.165) is 31.6 Å². The molecule has 0 aliphatic carbocycles. The van der Waals surface area contributed by atoms with Crippen LogP contribution in [0.3, 0.4) is 0 Å². The second kappa shape index (κ2) is 5.35. The lowest BCUT2D eigenvalue weighted by molar-refractivity contribution is -0.384. The molecule has 1 aliphatic rings. The Morgan fingerprint density at radius 1 is 1.28 bits per heavy atom. The molecule has 0 atom stereocenters. The fourth-order valence-electron chi connectivity index (χ4n) is 2.51. The molecule has 0 radical (unpaired) electrons. The Bertz CT molecular complexity index is 426. The highest BCUT2D eigenvalue weighted by Crippen LogP contribution is 2.30. The molecule has 5 nitrogen and oxygen atoms in total. The number of para-hydroxylation sites is 2. The van der Waals surface area contributed by atoms with Gasteiger partial charge in [-0.1, -0.05) is 12.1 Å². The Morgan fingerprint density at radius 2 is 1.89 bits per heavy atom. The van der Waals surface area contributed by atoms with Crippen molar-refractivity contribution in [2.24, 2.45) is 0 Å². The SMILES string of the molecule is CN(C)C1CCN(c2ccccc2[N+](=O)[O-])CC1. The van der Waals surface area contributed by atoms with E-state index in [2.05, 4.69) is 23.9 Å². The van der Waals surface area contributed by atoms with Crippen LogP contribution in [-0.2, 0) is 0 Å². The summed E-state index contributed by atoms with van der Waals surface area (Å²) in [5.74, 6) is 0. The van der Waals surface area contributed by atoms with Gasteiger partial charge in [-0.15, -0.1) is 0 Å². The zero-order valence-corrected chi connectivity index (χ0v) is 10.9. The number of benzene rings is 1. The summed E-state index contributed by atoms with van der Waals surface area (Å²) in [6.07, 6.45) is 2.11. The highest BCUT2D eigenvalue weighted by atomic mass is 16.6. The summed E-state index contributed by atoms with van der Waals surface area (Å²) in [5, 5.41) is 11.0. The average molecular weight is 249 g/mol. The van der Waals surface area contributed by atoms with Crippen molar-refractivity contribution >= 4 is 11.4 Å². The summed E-state index contributed by atoms with van der Waals surface area (Å²) in [6.45, 7) is 1.77. The molecule has 0 amide bonds. The zero-order chi connectivity index (χ0) is 13.1. The van der Waals surface area contributed by atoms with Crippen molar-refractivity contribution in [1.29, 1.82) is 0 Å². The third kappa shape index (κ3) is 2.61. The van der Waals surface area contributed by atoms with Gasteiger partial charge in [0.1, 0.15) is 5.69 Å².